The van der Waals surface area contributed by atoms with Crippen LogP contribution in [0.25, 0.3) is 0 Å². The minimum Gasteiger partial charge on any atom is -0.344 e. The summed E-state index contributed by atoms with van der Waals surface area (Å²) in [5.41, 5.74) is 3.50. The number of hydrogen-bond donors (Lipinski definition) is 3. The average molecular weight is 258 g/mol. The summed E-state index contributed by atoms with van der Waals surface area (Å²) in [7, 11) is 0. The zero-order valence-corrected chi connectivity index (χ0v) is 10.4. The van der Waals surface area contributed by atoms with Crippen molar-refractivity contribution in [1.29, 1.82) is 0 Å². The van der Waals surface area contributed by atoms with Crippen LogP contribution in [-0.4, -0.2) is 21.1 Å². The van der Waals surface area contributed by atoms with Crippen molar-refractivity contribution < 1.29 is 4.79 Å². The van der Waals surface area contributed by atoms with Gasteiger partial charge >= 0.3 is 0 Å². The van der Waals surface area contributed by atoms with Gasteiger partial charge in [0, 0.05) is 12.4 Å². The van der Waals surface area contributed by atoms with Crippen molar-refractivity contribution in [1.82, 2.24) is 20.5 Å². The Hall–Kier alpha value is -2.54. The van der Waals surface area contributed by atoms with E-state index in [1.807, 2.05) is 19.1 Å². The number of nitrogens with zero attached hydrogens (tertiary/aromatic N) is 3. The summed E-state index contributed by atoms with van der Waals surface area (Å²) in [6, 6.07) is 6.68. The quantitative estimate of drug-likeness (QED) is 0.549. The third-order valence-corrected chi connectivity index (χ3v) is 2.58. The number of carbonyl (C=O) groups is 1. The van der Waals surface area contributed by atoms with Crippen LogP contribution in [0, 0.1) is 0 Å². The Kier molecular flexibility index (Phi) is 3.99. The van der Waals surface area contributed by atoms with Crippen molar-refractivity contribution in [2.24, 2.45) is 5.84 Å². The molecule has 19 heavy (non-hydrogen) atoms. The fourth-order valence-corrected chi connectivity index (χ4v) is 1.52. The molecule has 0 aliphatic carbocycles. The molecule has 2 heterocycles. The van der Waals surface area contributed by atoms with Crippen LogP contribution >= 0.6 is 0 Å². The molecule has 7 heteroatoms. The third kappa shape index (κ3) is 3.23. The maximum atomic E-state index is 11.9. The predicted octanol–water partition coefficient (Wildman–Crippen LogP) is 0.648. The Morgan fingerprint density at radius 2 is 2.16 bits per heavy atom. The fourth-order valence-electron chi connectivity index (χ4n) is 1.52. The second-order valence-corrected chi connectivity index (χ2v) is 3.93. The standard InChI is InChI=1S/C12H14N6O/c1-8(9-3-2-6-14-7-9)15-12(19)10-4-5-11(16-13)18-17-10/h2-8H,13H2,1H3,(H,15,19)(H,16,18). The lowest BCUT2D eigenvalue weighted by Crippen LogP contribution is -2.27. The lowest BCUT2D eigenvalue weighted by Gasteiger charge is -2.13. The predicted molar refractivity (Wildman–Crippen MR) is 70.0 cm³/mol. The van der Waals surface area contributed by atoms with E-state index in [2.05, 4.69) is 25.9 Å². The highest BCUT2D eigenvalue weighted by Crippen LogP contribution is 2.10. The Labute approximate surface area is 110 Å². The molecule has 2 aromatic rings. The summed E-state index contributed by atoms with van der Waals surface area (Å²) >= 11 is 0. The Morgan fingerprint density at radius 3 is 2.74 bits per heavy atom. The Balaban J connectivity index is 2.04. The van der Waals surface area contributed by atoms with E-state index in [1.165, 1.54) is 0 Å². The average Bonchev–Trinajstić information content (AvgIpc) is 2.48. The largest absolute Gasteiger partial charge is 0.344 e. The molecule has 98 valence electrons. The van der Waals surface area contributed by atoms with Crippen LogP contribution in [0.2, 0.25) is 0 Å². The van der Waals surface area contributed by atoms with Crippen molar-refractivity contribution in [2.75, 3.05) is 5.43 Å². The summed E-state index contributed by atoms with van der Waals surface area (Å²) in [4.78, 5) is 15.9. The molecule has 0 saturated heterocycles. The number of nitrogens with one attached hydrogen (secondary N) is 2. The number of nitrogen functional groups attached to an aromatic ring is 1. The molecule has 0 fully saturated rings. The van der Waals surface area contributed by atoms with Crippen LogP contribution in [0.1, 0.15) is 29.0 Å². The highest BCUT2D eigenvalue weighted by atomic mass is 16.2. The molecule has 0 radical (unpaired) electrons. The first kappa shape index (κ1) is 12.9. The van der Waals surface area contributed by atoms with Crippen LogP contribution in [0.5, 0.6) is 0 Å². The molecular formula is C12H14N6O. The molecule has 0 aliphatic heterocycles. The summed E-state index contributed by atoms with van der Waals surface area (Å²) in [5, 5.41) is 10.3. The highest BCUT2D eigenvalue weighted by Gasteiger charge is 2.12. The molecular weight excluding hydrogens is 244 g/mol. The smallest absolute Gasteiger partial charge is 0.272 e. The van der Waals surface area contributed by atoms with E-state index in [9.17, 15) is 4.79 Å². The van der Waals surface area contributed by atoms with Gasteiger partial charge in [0.1, 0.15) is 0 Å². The van der Waals surface area contributed by atoms with Crippen molar-refractivity contribution >= 4 is 11.7 Å². The van der Waals surface area contributed by atoms with E-state index in [0.717, 1.165) is 5.56 Å². The minimum absolute atomic E-state index is 0.157. The van der Waals surface area contributed by atoms with Crippen molar-refractivity contribution in [3.63, 3.8) is 0 Å². The molecule has 4 N–H and O–H groups in total. The molecule has 0 aliphatic rings. The number of hydrazine groups is 1. The van der Waals surface area contributed by atoms with Crippen LogP contribution in [0.4, 0.5) is 5.82 Å². The molecule has 0 bridgehead atoms. The van der Waals surface area contributed by atoms with Gasteiger partial charge in [-0.2, -0.15) is 0 Å². The number of rotatable bonds is 4. The maximum absolute atomic E-state index is 11.9. The van der Waals surface area contributed by atoms with Crippen LogP contribution in [0.3, 0.4) is 0 Å². The van der Waals surface area contributed by atoms with E-state index in [0.29, 0.717) is 5.82 Å². The molecule has 0 spiro atoms. The van der Waals surface area contributed by atoms with Gasteiger partial charge in [-0.05, 0) is 30.7 Å². The molecule has 7 nitrogen and oxygen atoms in total. The summed E-state index contributed by atoms with van der Waals surface area (Å²) < 4.78 is 0. The number of amides is 1. The van der Waals surface area contributed by atoms with Gasteiger partial charge in [0.05, 0.1) is 6.04 Å². The van der Waals surface area contributed by atoms with Gasteiger partial charge in [-0.15, -0.1) is 10.2 Å². The number of anilines is 1. The van der Waals surface area contributed by atoms with Crippen LogP contribution < -0.4 is 16.6 Å². The van der Waals surface area contributed by atoms with Crippen LogP contribution in [-0.2, 0) is 0 Å². The van der Waals surface area contributed by atoms with Gasteiger partial charge in [0.25, 0.3) is 5.91 Å². The summed E-state index contributed by atoms with van der Waals surface area (Å²) in [6.07, 6.45) is 3.39. The lowest BCUT2D eigenvalue weighted by atomic mass is 10.1. The van der Waals surface area contributed by atoms with Crippen molar-refractivity contribution in [2.45, 2.75) is 13.0 Å². The van der Waals surface area contributed by atoms with Crippen molar-refractivity contribution in [3.8, 4) is 0 Å². The topological polar surface area (TPSA) is 106 Å². The molecule has 1 unspecified atom stereocenters. The van der Waals surface area contributed by atoms with Crippen molar-refractivity contribution in [3.05, 3.63) is 47.9 Å². The molecule has 2 aromatic heterocycles. The minimum atomic E-state index is -0.299. The number of aromatic nitrogens is 3. The first-order valence-corrected chi connectivity index (χ1v) is 5.72. The third-order valence-electron chi connectivity index (χ3n) is 2.58. The van der Waals surface area contributed by atoms with Gasteiger partial charge < -0.3 is 10.7 Å². The normalized spacial score (nSPS) is 11.7. The first-order chi connectivity index (χ1) is 9.20. The van der Waals surface area contributed by atoms with Gasteiger partial charge in [-0.3, -0.25) is 9.78 Å². The molecule has 2 rings (SSSR count). The highest BCUT2D eigenvalue weighted by molar-refractivity contribution is 5.92. The first-order valence-electron chi connectivity index (χ1n) is 5.72. The van der Waals surface area contributed by atoms with Gasteiger partial charge in [0.15, 0.2) is 11.5 Å². The van der Waals surface area contributed by atoms with Gasteiger partial charge in [0.2, 0.25) is 0 Å². The molecule has 0 aromatic carbocycles. The number of hydrogen-bond acceptors (Lipinski definition) is 6. The zero-order valence-electron chi connectivity index (χ0n) is 10.4. The van der Waals surface area contributed by atoms with Gasteiger partial charge in [-0.1, -0.05) is 6.07 Å². The van der Waals surface area contributed by atoms with E-state index in [-0.39, 0.29) is 17.6 Å². The van der Waals surface area contributed by atoms with E-state index < -0.39 is 0 Å². The summed E-state index contributed by atoms with van der Waals surface area (Å²) in [6.45, 7) is 1.87. The SMILES string of the molecule is CC(NC(=O)c1ccc(NN)nn1)c1cccnc1. The van der Waals surface area contributed by atoms with Gasteiger partial charge in [-0.25, -0.2) is 5.84 Å². The zero-order chi connectivity index (χ0) is 13.7. The fraction of sp³-hybridized carbons (Fsp3) is 0.167. The van der Waals surface area contributed by atoms with E-state index >= 15 is 0 Å². The monoisotopic (exact) mass is 258 g/mol. The number of pyridine rings is 1. The molecule has 0 saturated carbocycles. The maximum Gasteiger partial charge on any atom is 0.272 e. The van der Waals surface area contributed by atoms with E-state index in [1.54, 1.807) is 24.5 Å². The summed E-state index contributed by atoms with van der Waals surface area (Å²) in [5.74, 6) is 5.27. The Bertz CT molecular complexity index is 542. The number of carbonyl (C=O) groups excluding carboxylic acids is 1. The second-order valence-electron chi connectivity index (χ2n) is 3.93. The Morgan fingerprint density at radius 1 is 1.32 bits per heavy atom. The number of nitrogens with two attached hydrogens (primary N) is 1. The second kappa shape index (κ2) is 5.87. The van der Waals surface area contributed by atoms with E-state index in [4.69, 9.17) is 5.84 Å². The molecule has 1 atom stereocenters. The molecule has 1 amide bonds. The lowest BCUT2D eigenvalue weighted by molar-refractivity contribution is 0.0934. The van der Waals surface area contributed by atoms with Crippen LogP contribution in [0.15, 0.2) is 36.7 Å².